The molecule has 0 radical (unpaired) electrons. The topological polar surface area (TPSA) is 30.5 Å². The molecule has 30 heavy (non-hydrogen) atoms. The van der Waals surface area contributed by atoms with Crippen LogP contribution >= 0.6 is 27.5 Å². The molecule has 1 N–H and O–H groups in total. The molecule has 0 saturated carbocycles. The quantitative estimate of drug-likeness (QED) is 0.346. The molecular weight excluding hydrogens is 469 g/mol. The third-order valence-corrected chi connectivity index (χ3v) is 5.84. The van der Waals surface area contributed by atoms with Crippen molar-refractivity contribution in [3.8, 4) is 11.5 Å². The number of hydrogen-bond donors (Lipinski definition) is 1. The Morgan fingerprint density at radius 2 is 1.77 bits per heavy atom. The molecule has 0 bridgehead atoms. The first-order valence-electron chi connectivity index (χ1n) is 9.78. The van der Waals surface area contributed by atoms with Crippen molar-refractivity contribution < 1.29 is 13.9 Å². The lowest BCUT2D eigenvalue weighted by atomic mass is 10.1. The predicted octanol–water partition coefficient (Wildman–Crippen LogP) is 7.07. The molecule has 6 heteroatoms. The SMILES string of the molecule is CCOc1cc(CNC(C)c2ccccc2)c(Br)cc1OCc1c(F)cccc1Cl. The van der Waals surface area contributed by atoms with Crippen molar-refractivity contribution in [1.82, 2.24) is 5.32 Å². The first-order valence-corrected chi connectivity index (χ1v) is 11.0. The molecule has 3 rings (SSSR count). The molecule has 0 fully saturated rings. The Labute approximate surface area is 190 Å². The van der Waals surface area contributed by atoms with Crippen LogP contribution in [0.4, 0.5) is 4.39 Å². The molecule has 0 aliphatic rings. The maximum absolute atomic E-state index is 14.0. The zero-order valence-corrected chi connectivity index (χ0v) is 19.3. The fourth-order valence-corrected chi connectivity index (χ4v) is 3.72. The zero-order valence-electron chi connectivity index (χ0n) is 16.9. The molecule has 1 unspecified atom stereocenters. The van der Waals surface area contributed by atoms with E-state index in [1.54, 1.807) is 12.1 Å². The first kappa shape index (κ1) is 22.6. The lowest BCUT2D eigenvalue weighted by molar-refractivity contribution is 0.265. The van der Waals surface area contributed by atoms with Crippen molar-refractivity contribution in [2.75, 3.05) is 6.61 Å². The van der Waals surface area contributed by atoms with Gasteiger partial charge in [0.2, 0.25) is 0 Å². The van der Waals surface area contributed by atoms with Crippen molar-refractivity contribution in [1.29, 1.82) is 0 Å². The summed E-state index contributed by atoms with van der Waals surface area (Å²) in [4.78, 5) is 0. The van der Waals surface area contributed by atoms with Gasteiger partial charge in [-0.3, -0.25) is 0 Å². The van der Waals surface area contributed by atoms with Gasteiger partial charge in [-0.1, -0.05) is 63.9 Å². The molecule has 0 spiro atoms. The third-order valence-electron chi connectivity index (χ3n) is 4.74. The monoisotopic (exact) mass is 491 g/mol. The van der Waals surface area contributed by atoms with Crippen LogP contribution in [0.25, 0.3) is 0 Å². The van der Waals surface area contributed by atoms with Crippen LogP contribution in [0.2, 0.25) is 5.02 Å². The van der Waals surface area contributed by atoms with E-state index in [1.165, 1.54) is 11.6 Å². The van der Waals surface area contributed by atoms with E-state index >= 15 is 0 Å². The molecule has 0 amide bonds. The van der Waals surface area contributed by atoms with Crippen LogP contribution < -0.4 is 14.8 Å². The highest BCUT2D eigenvalue weighted by molar-refractivity contribution is 9.10. The van der Waals surface area contributed by atoms with Gasteiger partial charge in [0.25, 0.3) is 0 Å². The molecule has 1 atom stereocenters. The fraction of sp³-hybridized carbons (Fsp3) is 0.250. The van der Waals surface area contributed by atoms with Gasteiger partial charge >= 0.3 is 0 Å². The highest BCUT2D eigenvalue weighted by atomic mass is 79.9. The number of ether oxygens (including phenoxy) is 2. The van der Waals surface area contributed by atoms with Gasteiger partial charge in [-0.15, -0.1) is 0 Å². The van der Waals surface area contributed by atoms with Crippen molar-refractivity contribution in [2.24, 2.45) is 0 Å². The van der Waals surface area contributed by atoms with E-state index in [9.17, 15) is 4.39 Å². The van der Waals surface area contributed by atoms with E-state index in [4.69, 9.17) is 21.1 Å². The standard InChI is InChI=1S/C24H24BrClFNO2/c1-3-29-23-12-18(14-28-16(2)17-8-5-4-6-9-17)20(25)13-24(23)30-15-19-21(26)10-7-11-22(19)27/h4-13,16,28H,3,14-15H2,1-2H3. The van der Waals surface area contributed by atoms with Gasteiger partial charge in [-0.2, -0.15) is 0 Å². The van der Waals surface area contributed by atoms with Crippen LogP contribution in [0.1, 0.15) is 36.6 Å². The van der Waals surface area contributed by atoms with Gasteiger partial charge in [0.1, 0.15) is 12.4 Å². The van der Waals surface area contributed by atoms with Crippen molar-refractivity contribution in [2.45, 2.75) is 33.0 Å². The fourth-order valence-electron chi connectivity index (χ4n) is 3.04. The Bertz CT molecular complexity index is 964. The van der Waals surface area contributed by atoms with E-state index in [2.05, 4.69) is 40.3 Å². The Morgan fingerprint density at radius 1 is 1.03 bits per heavy atom. The smallest absolute Gasteiger partial charge is 0.162 e. The lowest BCUT2D eigenvalue weighted by Crippen LogP contribution is -2.18. The summed E-state index contributed by atoms with van der Waals surface area (Å²) in [6.45, 7) is 5.19. The second-order valence-electron chi connectivity index (χ2n) is 6.83. The van der Waals surface area contributed by atoms with Gasteiger partial charge in [0.05, 0.1) is 11.6 Å². The zero-order chi connectivity index (χ0) is 21.5. The van der Waals surface area contributed by atoms with Gasteiger partial charge < -0.3 is 14.8 Å². The minimum Gasteiger partial charge on any atom is -0.490 e. The summed E-state index contributed by atoms with van der Waals surface area (Å²) in [6.07, 6.45) is 0. The molecule has 158 valence electrons. The Morgan fingerprint density at radius 3 is 2.47 bits per heavy atom. The molecule has 0 heterocycles. The summed E-state index contributed by atoms with van der Waals surface area (Å²) in [6, 6.07) is 18.9. The van der Waals surface area contributed by atoms with Gasteiger partial charge in [0, 0.05) is 22.6 Å². The Kier molecular flexibility index (Phi) is 8.14. The summed E-state index contributed by atoms with van der Waals surface area (Å²) in [5.74, 6) is 0.746. The number of nitrogens with one attached hydrogen (secondary N) is 1. The number of halogens is 3. The molecule has 0 aromatic heterocycles. The van der Waals surface area contributed by atoms with Gasteiger partial charge in [0.15, 0.2) is 11.5 Å². The average Bonchev–Trinajstić information content (AvgIpc) is 2.74. The molecule has 0 saturated heterocycles. The third kappa shape index (κ3) is 5.75. The maximum atomic E-state index is 14.0. The number of hydrogen-bond acceptors (Lipinski definition) is 3. The van der Waals surface area contributed by atoms with Crippen LogP contribution in [0.5, 0.6) is 11.5 Å². The molecule has 0 aliphatic heterocycles. The summed E-state index contributed by atoms with van der Waals surface area (Å²) >= 11 is 9.72. The lowest BCUT2D eigenvalue weighted by Gasteiger charge is -2.18. The normalized spacial score (nSPS) is 11.9. The summed E-state index contributed by atoms with van der Waals surface area (Å²) in [5.41, 5.74) is 2.58. The highest BCUT2D eigenvalue weighted by Gasteiger charge is 2.14. The predicted molar refractivity (Wildman–Crippen MR) is 123 cm³/mol. The summed E-state index contributed by atoms with van der Waals surface area (Å²) in [5, 5.41) is 3.86. The van der Waals surface area contributed by atoms with Gasteiger partial charge in [-0.25, -0.2) is 4.39 Å². The van der Waals surface area contributed by atoms with Crippen LogP contribution in [0.15, 0.2) is 65.1 Å². The van der Waals surface area contributed by atoms with E-state index in [-0.39, 0.29) is 12.6 Å². The second-order valence-corrected chi connectivity index (χ2v) is 8.09. The van der Waals surface area contributed by atoms with E-state index in [0.717, 1.165) is 10.0 Å². The molecule has 0 aliphatic carbocycles. The maximum Gasteiger partial charge on any atom is 0.162 e. The van der Waals surface area contributed by atoms with Crippen molar-refractivity contribution in [3.05, 3.63) is 92.7 Å². The second kappa shape index (κ2) is 10.8. The first-order chi connectivity index (χ1) is 14.5. The Hall–Kier alpha value is -2.08. The van der Waals surface area contributed by atoms with E-state index in [1.807, 2.05) is 37.3 Å². The largest absolute Gasteiger partial charge is 0.490 e. The molecule has 3 nitrogen and oxygen atoms in total. The van der Waals surface area contributed by atoms with E-state index < -0.39 is 5.82 Å². The van der Waals surface area contributed by atoms with Crippen LogP contribution in [0.3, 0.4) is 0 Å². The van der Waals surface area contributed by atoms with Crippen LogP contribution in [0, 0.1) is 5.82 Å². The highest BCUT2D eigenvalue weighted by Crippen LogP contribution is 2.35. The summed E-state index contributed by atoms with van der Waals surface area (Å²) in [7, 11) is 0. The Balaban J connectivity index is 1.75. The molecule has 3 aromatic carbocycles. The number of benzene rings is 3. The van der Waals surface area contributed by atoms with Crippen LogP contribution in [-0.4, -0.2) is 6.61 Å². The summed E-state index contributed by atoms with van der Waals surface area (Å²) < 4.78 is 26.6. The van der Waals surface area contributed by atoms with E-state index in [0.29, 0.717) is 35.2 Å². The van der Waals surface area contributed by atoms with Crippen molar-refractivity contribution >= 4 is 27.5 Å². The van der Waals surface area contributed by atoms with Gasteiger partial charge in [-0.05, 0) is 49.2 Å². The van der Waals surface area contributed by atoms with Crippen LogP contribution in [-0.2, 0) is 13.2 Å². The average molecular weight is 493 g/mol. The molecular formula is C24H24BrClFNO2. The minimum absolute atomic E-state index is 0.0145. The van der Waals surface area contributed by atoms with Crippen molar-refractivity contribution in [3.63, 3.8) is 0 Å². The minimum atomic E-state index is -0.393. The molecule has 3 aromatic rings. The number of rotatable bonds is 9.